The standard InChI is InChI=1S/C24H25N5O5S2/c1-4-5-10-28(3)36(31,32)17-8-6-16(7-9-17)23(30)26-22-11-15(2)27-29(22)24-25-18-12-19-20(34-14-33-19)13-21(18)35-24/h6-9,11-13H,4-5,10,14H2,1-3H3,(H,26,30). The molecule has 0 bridgehead atoms. The van der Waals surface area contributed by atoms with Crippen LogP contribution in [0, 0.1) is 6.92 Å². The summed E-state index contributed by atoms with van der Waals surface area (Å²) in [6.45, 7) is 4.47. The molecule has 0 saturated heterocycles. The van der Waals surface area contributed by atoms with Crippen LogP contribution < -0.4 is 14.8 Å². The third-order valence-electron chi connectivity index (χ3n) is 5.78. The first kappa shape index (κ1) is 24.2. The molecule has 188 valence electrons. The molecule has 0 spiro atoms. The van der Waals surface area contributed by atoms with Crippen LogP contribution >= 0.6 is 11.3 Å². The molecule has 4 aromatic rings. The van der Waals surface area contributed by atoms with Gasteiger partial charge >= 0.3 is 0 Å². The topological polar surface area (TPSA) is 116 Å². The highest BCUT2D eigenvalue weighted by molar-refractivity contribution is 7.89. The van der Waals surface area contributed by atoms with E-state index in [9.17, 15) is 13.2 Å². The molecule has 0 radical (unpaired) electrons. The number of amides is 1. The third-order valence-corrected chi connectivity index (χ3v) is 8.64. The lowest BCUT2D eigenvalue weighted by atomic mass is 10.2. The first-order valence-corrected chi connectivity index (χ1v) is 13.7. The molecule has 5 rings (SSSR count). The maximum atomic E-state index is 13.0. The minimum atomic E-state index is -3.61. The Labute approximate surface area is 212 Å². The van der Waals surface area contributed by atoms with E-state index in [0.717, 1.165) is 23.1 Å². The van der Waals surface area contributed by atoms with Crippen LogP contribution in [0.1, 0.15) is 35.8 Å². The number of nitrogens with zero attached hydrogens (tertiary/aromatic N) is 4. The lowest BCUT2D eigenvalue weighted by Crippen LogP contribution is -2.28. The number of rotatable bonds is 8. The summed E-state index contributed by atoms with van der Waals surface area (Å²) in [5.41, 5.74) is 1.77. The van der Waals surface area contributed by atoms with Crippen molar-refractivity contribution < 1.29 is 22.7 Å². The van der Waals surface area contributed by atoms with E-state index >= 15 is 0 Å². The Bertz CT molecular complexity index is 1500. The summed E-state index contributed by atoms with van der Waals surface area (Å²) < 4.78 is 40.2. The van der Waals surface area contributed by atoms with Crippen LogP contribution in [0.3, 0.4) is 0 Å². The van der Waals surface area contributed by atoms with E-state index in [1.54, 1.807) is 17.8 Å². The van der Waals surface area contributed by atoms with Gasteiger partial charge in [0.25, 0.3) is 5.91 Å². The number of thiazole rings is 1. The number of hydrogen-bond acceptors (Lipinski definition) is 8. The van der Waals surface area contributed by atoms with Crippen LogP contribution in [0.25, 0.3) is 15.3 Å². The predicted octanol–water partition coefficient (Wildman–Crippen LogP) is 4.19. The average Bonchev–Trinajstić information content (AvgIpc) is 3.58. The minimum Gasteiger partial charge on any atom is -0.454 e. The van der Waals surface area contributed by atoms with Crippen molar-refractivity contribution in [3.8, 4) is 16.6 Å². The number of fused-ring (bicyclic) bond motifs is 2. The number of aryl methyl sites for hydroxylation is 1. The number of carbonyl (C=O) groups is 1. The molecule has 1 amide bonds. The predicted molar refractivity (Wildman–Crippen MR) is 137 cm³/mol. The first-order chi connectivity index (χ1) is 17.3. The highest BCUT2D eigenvalue weighted by Crippen LogP contribution is 2.39. The fraction of sp³-hybridized carbons (Fsp3) is 0.292. The second-order valence-corrected chi connectivity index (χ2v) is 11.5. The lowest BCUT2D eigenvalue weighted by Gasteiger charge is -2.17. The highest BCUT2D eigenvalue weighted by atomic mass is 32.2. The fourth-order valence-corrected chi connectivity index (χ4v) is 5.93. The van der Waals surface area contributed by atoms with E-state index in [0.29, 0.717) is 40.3 Å². The summed E-state index contributed by atoms with van der Waals surface area (Å²) in [6.07, 6.45) is 1.68. The number of anilines is 1. The molecule has 3 heterocycles. The lowest BCUT2D eigenvalue weighted by molar-refractivity contribution is 0.102. The van der Waals surface area contributed by atoms with Gasteiger partial charge < -0.3 is 14.8 Å². The van der Waals surface area contributed by atoms with Crippen LogP contribution in [-0.2, 0) is 10.0 Å². The Morgan fingerprint density at radius 1 is 1.17 bits per heavy atom. The van der Waals surface area contributed by atoms with Crippen molar-refractivity contribution in [2.45, 2.75) is 31.6 Å². The van der Waals surface area contributed by atoms with Gasteiger partial charge in [-0.1, -0.05) is 24.7 Å². The van der Waals surface area contributed by atoms with Gasteiger partial charge in [-0.05, 0) is 37.6 Å². The summed E-state index contributed by atoms with van der Waals surface area (Å²) in [5.74, 6) is 1.38. The van der Waals surface area contributed by atoms with Gasteiger partial charge in [0, 0.05) is 37.4 Å². The van der Waals surface area contributed by atoms with Gasteiger partial charge in [0.15, 0.2) is 11.5 Å². The van der Waals surface area contributed by atoms with E-state index in [1.165, 1.54) is 39.9 Å². The van der Waals surface area contributed by atoms with Crippen molar-refractivity contribution >= 4 is 43.3 Å². The van der Waals surface area contributed by atoms with Crippen LogP contribution in [0.4, 0.5) is 5.82 Å². The molecule has 0 aliphatic carbocycles. The molecular formula is C24H25N5O5S2. The van der Waals surface area contributed by atoms with Crippen molar-refractivity contribution in [3.63, 3.8) is 0 Å². The number of carbonyl (C=O) groups excluding carboxylic acids is 1. The molecule has 12 heteroatoms. The Morgan fingerprint density at radius 3 is 2.61 bits per heavy atom. The van der Waals surface area contributed by atoms with E-state index in [1.807, 2.05) is 26.0 Å². The zero-order chi connectivity index (χ0) is 25.4. The van der Waals surface area contributed by atoms with Crippen molar-refractivity contribution in [3.05, 3.63) is 53.7 Å². The summed E-state index contributed by atoms with van der Waals surface area (Å²) >= 11 is 1.41. The zero-order valence-corrected chi connectivity index (χ0v) is 21.6. The molecule has 0 unspecified atom stereocenters. The second-order valence-electron chi connectivity index (χ2n) is 8.41. The monoisotopic (exact) mass is 527 g/mol. The number of sulfonamides is 1. The van der Waals surface area contributed by atoms with Crippen LogP contribution in [0.5, 0.6) is 11.5 Å². The van der Waals surface area contributed by atoms with E-state index in [-0.39, 0.29) is 17.6 Å². The normalized spacial score (nSPS) is 13.0. The van der Waals surface area contributed by atoms with Crippen LogP contribution in [-0.4, -0.2) is 53.8 Å². The number of ether oxygens (including phenoxy) is 2. The Hall–Kier alpha value is -3.48. The van der Waals surface area contributed by atoms with Gasteiger partial charge in [-0.15, -0.1) is 0 Å². The average molecular weight is 528 g/mol. The Balaban J connectivity index is 1.37. The van der Waals surface area contributed by atoms with Gasteiger partial charge in [0.05, 0.1) is 20.8 Å². The van der Waals surface area contributed by atoms with Crippen molar-refractivity contribution in [2.24, 2.45) is 0 Å². The summed E-state index contributed by atoms with van der Waals surface area (Å²) in [6, 6.07) is 11.4. The van der Waals surface area contributed by atoms with Gasteiger partial charge in [-0.2, -0.15) is 9.78 Å². The summed E-state index contributed by atoms with van der Waals surface area (Å²) in [7, 11) is -2.05. The SMILES string of the molecule is CCCCN(C)S(=O)(=O)c1ccc(C(=O)Nc2cc(C)nn2-c2nc3cc4c(cc3s2)OCO4)cc1. The van der Waals surface area contributed by atoms with E-state index in [2.05, 4.69) is 15.4 Å². The second kappa shape index (κ2) is 9.52. The summed E-state index contributed by atoms with van der Waals surface area (Å²) in [5, 5.41) is 7.94. The van der Waals surface area contributed by atoms with Crippen LogP contribution in [0.2, 0.25) is 0 Å². The molecule has 1 aliphatic rings. The quantitative estimate of drug-likeness (QED) is 0.365. The Kier molecular flexibility index (Phi) is 6.41. The van der Waals surface area contributed by atoms with Crippen LogP contribution in [0.15, 0.2) is 47.4 Å². The fourth-order valence-electron chi connectivity index (χ4n) is 3.78. The highest BCUT2D eigenvalue weighted by Gasteiger charge is 2.22. The first-order valence-electron chi connectivity index (χ1n) is 11.4. The van der Waals surface area contributed by atoms with Gasteiger partial charge in [-0.3, -0.25) is 4.79 Å². The van der Waals surface area contributed by atoms with E-state index in [4.69, 9.17) is 9.47 Å². The number of benzene rings is 2. The summed E-state index contributed by atoms with van der Waals surface area (Å²) in [4.78, 5) is 17.8. The van der Waals surface area contributed by atoms with Gasteiger partial charge in [0.2, 0.25) is 21.9 Å². The largest absolute Gasteiger partial charge is 0.454 e. The minimum absolute atomic E-state index is 0.146. The molecule has 2 aromatic carbocycles. The van der Waals surface area contributed by atoms with Crippen molar-refractivity contribution in [1.29, 1.82) is 0 Å². The number of aromatic nitrogens is 3. The molecule has 10 nitrogen and oxygen atoms in total. The van der Waals surface area contributed by atoms with E-state index < -0.39 is 10.0 Å². The number of hydrogen-bond donors (Lipinski definition) is 1. The molecule has 1 N–H and O–H groups in total. The molecule has 0 atom stereocenters. The molecule has 0 fully saturated rings. The number of unbranched alkanes of at least 4 members (excludes halogenated alkanes) is 1. The molecule has 36 heavy (non-hydrogen) atoms. The van der Waals surface area contributed by atoms with Gasteiger partial charge in [-0.25, -0.2) is 17.7 Å². The maximum absolute atomic E-state index is 13.0. The molecular weight excluding hydrogens is 502 g/mol. The third kappa shape index (κ3) is 4.54. The molecule has 0 saturated carbocycles. The van der Waals surface area contributed by atoms with Crippen molar-refractivity contribution in [2.75, 3.05) is 25.7 Å². The van der Waals surface area contributed by atoms with Crippen molar-refractivity contribution in [1.82, 2.24) is 19.1 Å². The molecule has 2 aromatic heterocycles. The number of nitrogens with one attached hydrogen (secondary N) is 1. The maximum Gasteiger partial charge on any atom is 0.256 e. The molecule has 1 aliphatic heterocycles. The smallest absolute Gasteiger partial charge is 0.256 e. The Morgan fingerprint density at radius 2 is 1.89 bits per heavy atom. The van der Waals surface area contributed by atoms with Gasteiger partial charge in [0.1, 0.15) is 5.82 Å². The zero-order valence-electron chi connectivity index (χ0n) is 20.0.